The number of hydrogen-bond acceptors (Lipinski definition) is 4. The second-order valence-corrected chi connectivity index (χ2v) is 5.80. The molecule has 0 unspecified atom stereocenters. The Labute approximate surface area is 152 Å². The summed E-state index contributed by atoms with van der Waals surface area (Å²) in [5.74, 6) is 1.63. The van der Waals surface area contributed by atoms with Crippen LogP contribution >= 0.6 is 35.3 Å². The Bertz CT molecular complexity index is 615. The molecule has 2 rings (SSSR count). The van der Waals surface area contributed by atoms with Gasteiger partial charge in [-0.3, -0.25) is 4.99 Å². The van der Waals surface area contributed by atoms with Crippen LogP contribution in [-0.4, -0.2) is 25.1 Å². The van der Waals surface area contributed by atoms with Gasteiger partial charge >= 0.3 is 0 Å². The fourth-order valence-corrected chi connectivity index (χ4v) is 2.58. The molecule has 0 aliphatic rings. The highest BCUT2D eigenvalue weighted by Crippen LogP contribution is 2.12. The number of aliphatic imine (C=N–C) groups is 1. The maximum absolute atomic E-state index is 5.22. The van der Waals surface area contributed by atoms with E-state index in [1.807, 2.05) is 31.3 Å². The maximum atomic E-state index is 5.22. The molecule has 0 aliphatic carbocycles. The van der Waals surface area contributed by atoms with Crippen molar-refractivity contribution in [2.75, 3.05) is 14.2 Å². The molecule has 1 heterocycles. The Hall–Kier alpha value is -1.35. The van der Waals surface area contributed by atoms with E-state index in [9.17, 15) is 0 Å². The van der Waals surface area contributed by atoms with Crippen LogP contribution in [0.5, 0.6) is 5.75 Å². The van der Waals surface area contributed by atoms with E-state index < -0.39 is 0 Å². The lowest BCUT2D eigenvalue weighted by Crippen LogP contribution is -2.36. The molecule has 0 saturated heterocycles. The second kappa shape index (κ2) is 9.62. The molecule has 2 aromatic rings. The lowest BCUT2D eigenvalue weighted by atomic mass is 10.2. The van der Waals surface area contributed by atoms with Crippen LogP contribution in [0.3, 0.4) is 0 Å². The van der Waals surface area contributed by atoms with Gasteiger partial charge in [-0.25, -0.2) is 4.98 Å². The van der Waals surface area contributed by atoms with Crippen molar-refractivity contribution in [3.05, 3.63) is 45.9 Å². The van der Waals surface area contributed by atoms with Gasteiger partial charge in [0.15, 0.2) is 5.96 Å². The zero-order valence-corrected chi connectivity index (χ0v) is 16.1. The van der Waals surface area contributed by atoms with Gasteiger partial charge in [0.25, 0.3) is 0 Å². The number of nitrogens with one attached hydrogen (secondary N) is 2. The predicted octanol–water partition coefficient (Wildman–Crippen LogP) is 2.94. The summed E-state index contributed by atoms with van der Waals surface area (Å²) in [4.78, 5) is 9.64. The van der Waals surface area contributed by atoms with Crippen molar-refractivity contribution in [1.82, 2.24) is 15.6 Å². The third-order valence-electron chi connectivity index (χ3n) is 2.92. The molecular weight excluding hydrogens is 411 g/mol. The molecule has 22 heavy (non-hydrogen) atoms. The number of guanidine groups is 1. The maximum Gasteiger partial charge on any atom is 0.191 e. The van der Waals surface area contributed by atoms with Crippen LogP contribution in [0, 0.1) is 6.92 Å². The van der Waals surface area contributed by atoms with Crippen LogP contribution in [0.2, 0.25) is 0 Å². The highest BCUT2D eigenvalue weighted by Gasteiger charge is 2.02. The minimum absolute atomic E-state index is 0. The van der Waals surface area contributed by atoms with Crippen molar-refractivity contribution < 1.29 is 4.74 Å². The van der Waals surface area contributed by atoms with Crippen molar-refractivity contribution in [1.29, 1.82) is 0 Å². The topological polar surface area (TPSA) is 58.5 Å². The molecule has 0 atom stereocenters. The molecule has 0 saturated carbocycles. The molecule has 1 aromatic carbocycles. The first-order valence-electron chi connectivity index (χ1n) is 6.70. The van der Waals surface area contributed by atoms with Crippen molar-refractivity contribution in [2.24, 2.45) is 4.99 Å². The van der Waals surface area contributed by atoms with E-state index >= 15 is 0 Å². The molecule has 7 heteroatoms. The fourth-order valence-electron chi connectivity index (χ4n) is 1.85. The van der Waals surface area contributed by atoms with E-state index in [0.29, 0.717) is 6.54 Å². The van der Waals surface area contributed by atoms with Crippen molar-refractivity contribution >= 4 is 41.3 Å². The summed E-state index contributed by atoms with van der Waals surface area (Å²) in [7, 11) is 3.43. The molecule has 0 spiro atoms. The van der Waals surface area contributed by atoms with Gasteiger partial charge in [-0.05, 0) is 24.6 Å². The third kappa shape index (κ3) is 5.80. The summed E-state index contributed by atoms with van der Waals surface area (Å²) in [5, 5.41) is 7.63. The van der Waals surface area contributed by atoms with Gasteiger partial charge in [-0.2, -0.15) is 0 Å². The quantitative estimate of drug-likeness (QED) is 0.434. The van der Waals surface area contributed by atoms with Crippen LogP contribution in [0.15, 0.2) is 35.5 Å². The van der Waals surface area contributed by atoms with Gasteiger partial charge in [-0.1, -0.05) is 12.1 Å². The average molecular weight is 432 g/mol. The lowest BCUT2D eigenvalue weighted by molar-refractivity contribution is 0.414. The minimum Gasteiger partial charge on any atom is -0.497 e. The Morgan fingerprint density at radius 3 is 2.73 bits per heavy atom. The Balaban J connectivity index is 0.00000242. The van der Waals surface area contributed by atoms with Crippen LogP contribution in [0.25, 0.3) is 0 Å². The first kappa shape index (κ1) is 18.7. The number of benzene rings is 1. The summed E-state index contributed by atoms with van der Waals surface area (Å²) in [6.45, 7) is 3.42. The number of rotatable bonds is 5. The molecule has 0 bridgehead atoms. The number of methoxy groups -OCH3 is 1. The molecule has 120 valence electrons. The van der Waals surface area contributed by atoms with Crippen LogP contribution in [-0.2, 0) is 13.1 Å². The first-order valence-corrected chi connectivity index (χ1v) is 7.51. The minimum atomic E-state index is 0. The fraction of sp³-hybridized carbons (Fsp3) is 0.333. The van der Waals surface area contributed by atoms with Gasteiger partial charge < -0.3 is 15.4 Å². The summed E-state index contributed by atoms with van der Waals surface area (Å²) >= 11 is 1.69. The van der Waals surface area contributed by atoms with Crippen LogP contribution in [0.1, 0.15) is 15.4 Å². The van der Waals surface area contributed by atoms with Crippen molar-refractivity contribution in [3.8, 4) is 5.75 Å². The van der Waals surface area contributed by atoms with Gasteiger partial charge in [0.05, 0.1) is 18.7 Å². The smallest absolute Gasteiger partial charge is 0.191 e. The molecule has 0 radical (unpaired) electrons. The molecule has 1 aromatic heterocycles. The van der Waals surface area contributed by atoms with Gasteiger partial charge in [0, 0.05) is 24.7 Å². The number of ether oxygens (including phenoxy) is 1. The SMILES string of the molecule is CN=C(NCc1cccc(OC)c1)NCc1cnc(C)s1.I. The molecule has 0 amide bonds. The second-order valence-electron chi connectivity index (χ2n) is 4.48. The zero-order chi connectivity index (χ0) is 15.1. The number of hydrogen-bond donors (Lipinski definition) is 2. The third-order valence-corrected chi connectivity index (χ3v) is 3.83. The average Bonchev–Trinajstić information content (AvgIpc) is 2.93. The molecule has 5 nitrogen and oxygen atoms in total. The normalized spacial score (nSPS) is 10.8. The predicted molar refractivity (Wildman–Crippen MR) is 102 cm³/mol. The molecular formula is C15H21IN4OS. The Morgan fingerprint density at radius 1 is 1.32 bits per heavy atom. The van der Waals surface area contributed by atoms with E-state index in [0.717, 1.165) is 28.8 Å². The summed E-state index contributed by atoms with van der Waals surface area (Å²) in [6, 6.07) is 7.97. The van der Waals surface area contributed by atoms with Gasteiger partial charge in [-0.15, -0.1) is 35.3 Å². The highest BCUT2D eigenvalue weighted by molar-refractivity contribution is 14.0. The Morgan fingerprint density at radius 2 is 2.09 bits per heavy atom. The summed E-state index contributed by atoms with van der Waals surface area (Å²) in [5.41, 5.74) is 1.14. The van der Waals surface area contributed by atoms with Gasteiger partial charge in [0.2, 0.25) is 0 Å². The van der Waals surface area contributed by atoms with E-state index in [1.165, 1.54) is 4.88 Å². The Kier molecular flexibility index (Phi) is 8.18. The van der Waals surface area contributed by atoms with E-state index in [1.54, 1.807) is 25.5 Å². The van der Waals surface area contributed by atoms with E-state index in [-0.39, 0.29) is 24.0 Å². The summed E-state index contributed by atoms with van der Waals surface area (Å²) < 4.78 is 5.22. The first-order chi connectivity index (χ1) is 10.2. The zero-order valence-electron chi connectivity index (χ0n) is 12.9. The number of aryl methyl sites for hydroxylation is 1. The molecule has 0 aliphatic heterocycles. The molecule has 0 fully saturated rings. The number of halogens is 1. The van der Waals surface area contributed by atoms with Crippen LogP contribution < -0.4 is 15.4 Å². The molecule has 2 N–H and O–H groups in total. The van der Waals surface area contributed by atoms with E-state index in [2.05, 4.69) is 26.7 Å². The largest absolute Gasteiger partial charge is 0.497 e. The van der Waals surface area contributed by atoms with Crippen LogP contribution in [0.4, 0.5) is 0 Å². The lowest BCUT2D eigenvalue weighted by Gasteiger charge is -2.11. The van der Waals surface area contributed by atoms with Gasteiger partial charge in [0.1, 0.15) is 5.75 Å². The highest BCUT2D eigenvalue weighted by atomic mass is 127. The van der Waals surface area contributed by atoms with E-state index in [4.69, 9.17) is 4.74 Å². The monoisotopic (exact) mass is 432 g/mol. The van der Waals surface area contributed by atoms with Crippen molar-refractivity contribution in [2.45, 2.75) is 20.0 Å². The standard InChI is InChI=1S/C15H20N4OS.HI/c1-11-17-9-14(21-11)10-19-15(16-2)18-8-12-5-4-6-13(7-12)20-3;/h4-7,9H,8,10H2,1-3H3,(H2,16,18,19);1H. The number of aromatic nitrogens is 1. The van der Waals surface area contributed by atoms with Crippen molar-refractivity contribution in [3.63, 3.8) is 0 Å². The number of thiazole rings is 1. The number of nitrogens with zero attached hydrogens (tertiary/aromatic N) is 2. The summed E-state index contributed by atoms with van der Waals surface area (Å²) in [6.07, 6.45) is 1.89.